The van der Waals surface area contributed by atoms with Crippen molar-refractivity contribution in [1.82, 2.24) is 5.32 Å². The molecule has 0 spiro atoms. The molecule has 1 atom stereocenters. The van der Waals surface area contributed by atoms with Gasteiger partial charge in [-0.1, -0.05) is 57.5 Å². The summed E-state index contributed by atoms with van der Waals surface area (Å²) in [7, 11) is 0. The summed E-state index contributed by atoms with van der Waals surface area (Å²) >= 11 is 0. The molecule has 28 heavy (non-hydrogen) atoms. The van der Waals surface area contributed by atoms with Gasteiger partial charge in [0.1, 0.15) is 5.84 Å². The van der Waals surface area contributed by atoms with E-state index in [0.29, 0.717) is 12.3 Å². The van der Waals surface area contributed by atoms with Crippen LogP contribution < -0.4 is 16.9 Å². The highest BCUT2D eigenvalue weighted by molar-refractivity contribution is 5.84. The molecular weight excluding hydrogens is 352 g/mol. The summed E-state index contributed by atoms with van der Waals surface area (Å²) in [5.74, 6) is 4.90. The van der Waals surface area contributed by atoms with Gasteiger partial charge in [0.25, 0.3) is 0 Å². The number of nitrogens with zero attached hydrogens (tertiary/aromatic N) is 1. The lowest BCUT2D eigenvalue weighted by molar-refractivity contribution is -0.142. The molecule has 6 N–H and O–H groups in total. The SMILES string of the molecule is CC.CC(C)CC(C/C(N)=N/N)C(=O)O.Cc1ccc(C2CCNCC2)cc1. The molecule has 1 saturated heterocycles. The van der Waals surface area contributed by atoms with E-state index in [4.69, 9.17) is 16.7 Å². The predicted molar refractivity (Wildman–Crippen MR) is 118 cm³/mol. The fourth-order valence-electron chi connectivity index (χ4n) is 3.14. The summed E-state index contributed by atoms with van der Waals surface area (Å²) < 4.78 is 0. The molecule has 0 radical (unpaired) electrons. The predicted octanol–water partition coefficient (Wildman–Crippen LogP) is 3.84. The molecule has 0 amide bonds. The lowest BCUT2D eigenvalue weighted by Crippen LogP contribution is -2.26. The normalized spacial score (nSPS) is 15.7. The van der Waals surface area contributed by atoms with Crippen molar-refractivity contribution in [3.8, 4) is 0 Å². The van der Waals surface area contributed by atoms with Gasteiger partial charge >= 0.3 is 5.97 Å². The van der Waals surface area contributed by atoms with Gasteiger partial charge in [0, 0.05) is 6.42 Å². The highest BCUT2D eigenvalue weighted by atomic mass is 16.4. The van der Waals surface area contributed by atoms with Crippen molar-refractivity contribution in [2.24, 2.45) is 28.5 Å². The van der Waals surface area contributed by atoms with E-state index in [0.717, 1.165) is 5.92 Å². The second-order valence-corrected chi connectivity index (χ2v) is 7.42. The third-order valence-corrected chi connectivity index (χ3v) is 4.61. The topological polar surface area (TPSA) is 114 Å². The van der Waals surface area contributed by atoms with Crippen LogP contribution >= 0.6 is 0 Å². The van der Waals surface area contributed by atoms with E-state index in [9.17, 15) is 4.79 Å². The van der Waals surface area contributed by atoms with Crippen molar-refractivity contribution in [3.05, 3.63) is 35.4 Å². The van der Waals surface area contributed by atoms with Crippen molar-refractivity contribution >= 4 is 11.8 Å². The molecule has 1 aromatic rings. The molecule has 160 valence electrons. The van der Waals surface area contributed by atoms with Crippen LogP contribution in [0.1, 0.15) is 70.4 Å². The molecule has 0 saturated carbocycles. The van der Waals surface area contributed by atoms with Crippen molar-refractivity contribution in [2.75, 3.05) is 13.1 Å². The van der Waals surface area contributed by atoms with Crippen LogP contribution in [-0.4, -0.2) is 30.0 Å². The van der Waals surface area contributed by atoms with Crippen LogP contribution in [-0.2, 0) is 4.79 Å². The van der Waals surface area contributed by atoms with Gasteiger partial charge in [0.2, 0.25) is 0 Å². The summed E-state index contributed by atoms with van der Waals surface area (Å²) in [4.78, 5) is 10.7. The standard InChI is InChI=1S/C12H17N.C8H17N3O2.C2H6/c1-10-2-4-11(5-3-10)12-6-8-13-9-7-12;1-5(2)3-6(8(12)13)4-7(9)11-10;1-2/h2-5,12-13H,6-9H2,1H3;5-6H,3-4,10H2,1-2H3,(H2,9,11)(H,12,13);1-2H3. The Kier molecular flexibility index (Phi) is 13.8. The Labute approximate surface area is 170 Å². The maximum atomic E-state index is 10.7. The fourth-order valence-corrected chi connectivity index (χ4v) is 3.14. The Balaban J connectivity index is 0.000000478. The maximum Gasteiger partial charge on any atom is 0.306 e. The lowest BCUT2D eigenvalue weighted by atomic mass is 9.90. The highest BCUT2D eigenvalue weighted by Gasteiger charge is 2.20. The minimum absolute atomic E-state index is 0.188. The van der Waals surface area contributed by atoms with Crippen LogP contribution in [0.2, 0.25) is 0 Å². The Morgan fingerprint density at radius 1 is 1.21 bits per heavy atom. The van der Waals surface area contributed by atoms with Gasteiger partial charge in [-0.2, -0.15) is 5.10 Å². The first kappa shape index (κ1) is 25.9. The average molecular weight is 393 g/mol. The van der Waals surface area contributed by atoms with E-state index >= 15 is 0 Å². The summed E-state index contributed by atoms with van der Waals surface area (Å²) in [5, 5.41) is 15.5. The van der Waals surface area contributed by atoms with Crippen LogP contribution in [0.25, 0.3) is 0 Å². The Bertz CT molecular complexity index is 564. The fraction of sp³-hybridized carbons (Fsp3) is 0.636. The first-order chi connectivity index (χ1) is 13.3. The number of piperidine rings is 1. The van der Waals surface area contributed by atoms with Gasteiger partial charge in [0.15, 0.2) is 0 Å². The van der Waals surface area contributed by atoms with Crippen molar-refractivity contribution in [2.45, 2.75) is 66.2 Å². The van der Waals surface area contributed by atoms with Gasteiger partial charge in [-0.05, 0) is 56.7 Å². The molecule has 1 fully saturated rings. The monoisotopic (exact) mass is 392 g/mol. The molecule has 6 nitrogen and oxygen atoms in total. The molecule has 2 rings (SSSR count). The first-order valence-electron chi connectivity index (χ1n) is 10.4. The number of aryl methyl sites for hydroxylation is 1. The number of nitrogens with two attached hydrogens (primary N) is 2. The molecule has 0 bridgehead atoms. The largest absolute Gasteiger partial charge is 0.481 e. The van der Waals surface area contributed by atoms with E-state index in [-0.39, 0.29) is 12.3 Å². The molecule has 1 heterocycles. The van der Waals surface area contributed by atoms with Crippen molar-refractivity contribution in [3.63, 3.8) is 0 Å². The molecule has 1 unspecified atom stereocenters. The number of carbonyl (C=O) groups is 1. The number of amidine groups is 1. The Morgan fingerprint density at radius 2 is 1.75 bits per heavy atom. The summed E-state index contributed by atoms with van der Waals surface area (Å²) in [6, 6.07) is 9.01. The molecule has 1 aliphatic heterocycles. The highest BCUT2D eigenvalue weighted by Crippen LogP contribution is 2.24. The van der Waals surface area contributed by atoms with E-state index in [1.807, 2.05) is 27.7 Å². The minimum Gasteiger partial charge on any atom is -0.481 e. The number of benzene rings is 1. The maximum absolute atomic E-state index is 10.7. The average Bonchev–Trinajstić information content (AvgIpc) is 2.70. The molecule has 1 aliphatic rings. The summed E-state index contributed by atoms with van der Waals surface area (Å²) in [6.07, 6.45) is 3.40. The summed E-state index contributed by atoms with van der Waals surface area (Å²) in [5.41, 5.74) is 8.23. The zero-order chi connectivity index (χ0) is 21.5. The summed E-state index contributed by atoms with van der Waals surface area (Å²) in [6.45, 7) is 12.4. The second-order valence-electron chi connectivity index (χ2n) is 7.42. The number of rotatable bonds is 6. The van der Waals surface area contributed by atoms with E-state index in [1.54, 1.807) is 0 Å². The second kappa shape index (κ2) is 14.9. The number of carboxylic acid groups (broad SMARTS) is 1. The van der Waals surface area contributed by atoms with Gasteiger partial charge in [0.05, 0.1) is 5.92 Å². The molecule has 0 aliphatic carbocycles. The Morgan fingerprint density at radius 3 is 2.18 bits per heavy atom. The minimum atomic E-state index is -0.847. The van der Waals surface area contributed by atoms with Gasteiger partial charge in [-0.25, -0.2) is 0 Å². The third-order valence-electron chi connectivity index (χ3n) is 4.61. The molecular formula is C22H40N4O2. The van der Waals surface area contributed by atoms with Gasteiger partial charge in [-0.3, -0.25) is 4.79 Å². The van der Waals surface area contributed by atoms with Crippen LogP contribution in [0.4, 0.5) is 0 Å². The zero-order valence-corrected chi connectivity index (χ0v) is 18.2. The number of hydrogen-bond donors (Lipinski definition) is 4. The smallest absolute Gasteiger partial charge is 0.306 e. The number of hydrogen-bond acceptors (Lipinski definition) is 4. The number of nitrogens with one attached hydrogen (secondary N) is 1. The van der Waals surface area contributed by atoms with Gasteiger partial charge in [-0.15, -0.1) is 0 Å². The van der Waals surface area contributed by atoms with E-state index in [1.165, 1.54) is 37.1 Å². The molecule has 1 aromatic carbocycles. The van der Waals surface area contributed by atoms with Crippen LogP contribution in [0.15, 0.2) is 29.4 Å². The van der Waals surface area contributed by atoms with E-state index < -0.39 is 11.9 Å². The van der Waals surface area contributed by atoms with Gasteiger partial charge < -0.3 is 22.0 Å². The van der Waals surface area contributed by atoms with Crippen LogP contribution in [0, 0.1) is 18.8 Å². The number of aliphatic carboxylic acids is 1. The van der Waals surface area contributed by atoms with Crippen LogP contribution in [0.5, 0.6) is 0 Å². The first-order valence-corrected chi connectivity index (χ1v) is 10.4. The van der Waals surface area contributed by atoms with E-state index in [2.05, 4.69) is 41.6 Å². The quantitative estimate of drug-likeness (QED) is 0.254. The molecule has 6 heteroatoms. The number of hydrazone groups is 1. The van der Waals surface area contributed by atoms with Crippen molar-refractivity contribution < 1.29 is 9.90 Å². The Hall–Kier alpha value is -2.08. The lowest BCUT2D eigenvalue weighted by Gasteiger charge is -2.22. The third kappa shape index (κ3) is 10.9. The molecule has 0 aromatic heterocycles. The number of carboxylic acids is 1. The van der Waals surface area contributed by atoms with Crippen LogP contribution in [0.3, 0.4) is 0 Å². The zero-order valence-electron chi connectivity index (χ0n) is 18.2. The van der Waals surface area contributed by atoms with Crippen molar-refractivity contribution in [1.29, 1.82) is 0 Å².